The summed E-state index contributed by atoms with van der Waals surface area (Å²) in [6, 6.07) is 9.23. The number of piperazine rings is 1. The van der Waals surface area contributed by atoms with Crippen LogP contribution in [0.3, 0.4) is 0 Å². The van der Waals surface area contributed by atoms with Gasteiger partial charge in [-0.15, -0.1) is 11.3 Å². The van der Waals surface area contributed by atoms with Gasteiger partial charge in [0.15, 0.2) is 0 Å². The van der Waals surface area contributed by atoms with E-state index in [1.807, 2.05) is 23.1 Å². The van der Waals surface area contributed by atoms with Crippen molar-refractivity contribution in [1.82, 2.24) is 9.80 Å². The summed E-state index contributed by atoms with van der Waals surface area (Å²) >= 11 is 1.61. The smallest absolute Gasteiger partial charge is 0.257 e. The Kier molecular flexibility index (Phi) is 6.22. The highest BCUT2D eigenvalue weighted by molar-refractivity contribution is 7.17. The zero-order chi connectivity index (χ0) is 22.2. The summed E-state index contributed by atoms with van der Waals surface area (Å²) in [5.74, 6) is 0.505. The molecule has 2 heterocycles. The summed E-state index contributed by atoms with van der Waals surface area (Å²) in [6.45, 7) is 10.1. The van der Waals surface area contributed by atoms with E-state index in [0.717, 1.165) is 61.6 Å². The van der Waals surface area contributed by atoms with E-state index < -0.39 is 0 Å². The zero-order valence-corrected chi connectivity index (χ0v) is 19.8. The molecule has 0 spiro atoms. The molecule has 2 amide bonds. The number of hydrogen-bond donors (Lipinski definition) is 1. The van der Waals surface area contributed by atoms with Crippen LogP contribution in [0.15, 0.2) is 30.3 Å². The fraction of sp³-hybridized carbons (Fsp3) is 0.520. The van der Waals surface area contributed by atoms with E-state index in [0.29, 0.717) is 11.5 Å². The number of nitrogens with one attached hydrogen (secondary N) is 1. The van der Waals surface area contributed by atoms with Crippen molar-refractivity contribution in [2.24, 2.45) is 11.3 Å². The molecule has 1 N–H and O–H groups in total. The number of fused-ring (bicyclic) bond motifs is 1. The van der Waals surface area contributed by atoms with E-state index in [9.17, 15) is 9.59 Å². The Bertz CT molecular complexity index is 953. The first kappa shape index (κ1) is 22.0. The average molecular weight is 440 g/mol. The Morgan fingerprint density at radius 1 is 1.06 bits per heavy atom. The molecule has 2 aromatic rings. The van der Waals surface area contributed by atoms with Gasteiger partial charge in [0.25, 0.3) is 11.8 Å². The van der Waals surface area contributed by atoms with Gasteiger partial charge in [0.05, 0.1) is 5.56 Å². The highest BCUT2D eigenvalue weighted by atomic mass is 32.1. The Balaban J connectivity index is 1.67. The van der Waals surface area contributed by atoms with Crippen LogP contribution in [0, 0.1) is 11.3 Å². The first-order valence-corrected chi connectivity index (χ1v) is 12.0. The van der Waals surface area contributed by atoms with Crippen LogP contribution in [0.1, 0.15) is 58.3 Å². The lowest BCUT2D eigenvalue weighted by Crippen LogP contribution is -2.47. The van der Waals surface area contributed by atoms with Crippen LogP contribution in [0.5, 0.6) is 0 Å². The molecule has 6 heteroatoms. The SMILES string of the molecule is CN1CCN(C(=O)c2c(NC(=O)c3ccccc3)sc3c2CC[C@H](C(C)(C)C)C3)CC1. The number of rotatable bonds is 3. The van der Waals surface area contributed by atoms with Gasteiger partial charge in [0.2, 0.25) is 0 Å². The van der Waals surface area contributed by atoms with Crippen LogP contribution < -0.4 is 5.32 Å². The van der Waals surface area contributed by atoms with Gasteiger partial charge in [-0.05, 0) is 55.3 Å². The molecule has 1 atom stereocenters. The van der Waals surface area contributed by atoms with Crippen molar-refractivity contribution in [1.29, 1.82) is 0 Å². The molecule has 0 radical (unpaired) electrons. The minimum atomic E-state index is -0.154. The normalized spacial score (nSPS) is 19.7. The van der Waals surface area contributed by atoms with Crippen molar-refractivity contribution in [3.8, 4) is 0 Å². The number of amides is 2. The largest absolute Gasteiger partial charge is 0.336 e. The zero-order valence-electron chi connectivity index (χ0n) is 19.0. The predicted molar refractivity (Wildman–Crippen MR) is 127 cm³/mol. The lowest BCUT2D eigenvalue weighted by Gasteiger charge is -2.35. The van der Waals surface area contributed by atoms with Gasteiger partial charge in [-0.25, -0.2) is 0 Å². The molecule has 31 heavy (non-hydrogen) atoms. The maximum atomic E-state index is 13.6. The molecule has 4 rings (SSSR count). The number of carbonyl (C=O) groups excluding carboxylic acids is 2. The van der Waals surface area contributed by atoms with Crippen LogP contribution in [0.25, 0.3) is 0 Å². The molecule has 5 nitrogen and oxygen atoms in total. The summed E-state index contributed by atoms with van der Waals surface area (Å²) in [7, 11) is 2.09. The van der Waals surface area contributed by atoms with E-state index in [1.165, 1.54) is 4.88 Å². The second kappa shape index (κ2) is 8.75. The summed E-state index contributed by atoms with van der Waals surface area (Å²) in [5, 5.41) is 3.81. The van der Waals surface area contributed by atoms with E-state index >= 15 is 0 Å². The minimum Gasteiger partial charge on any atom is -0.336 e. The van der Waals surface area contributed by atoms with Gasteiger partial charge >= 0.3 is 0 Å². The molecule has 1 fully saturated rings. The first-order chi connectivity index (χ1) is 14.7. The Morgan fingerprint density at radius 2 is 1.74 bits per heavy atom. The Hall–Kier alpha value is -2.18. The van der Waals surface area contributed by atoms with E-state index in [1.54, 1.807) is 23.5 Å². The average Bonchev–Trinajstić information content (AvgIpc) is 3.10. The molecule has 0 bridgehead atoms. The summed E-state index contributed by atoms with van der Waals surface area (Å²) < 4.78 is 0. The standard InChI is InChI=1S/C25H33N3O2S/c1-25(2,3)18-10-11-19-20(16-18)31-23(26-22(29)17-8-6-5-7-9-17)21(19)24(30)28-14-12-27(4)13-15-28/h5-9,18H,10-16H2,1-4H3,(H,26,29)/t18-/m0/s1. The molecule has 1 aromatic heterocycles. The van der Waals surface area contributed by atoms with Gasteiger partial charge in [-0.2, -0.15) is 0 Å². The number of carbonyl (C=O) groups is 2. The molecule has 1 aliphatic heterocycles. The van der Waals surface area contributed by atoms with Crippen LogP contribution in [0.4, 0.5) is 5.00 Å². The monoisotopic (exact) mass is 439 g/mol. The van der Waals surface area contributed by atoms with Gasteiger partial charge in [0, 0.05) is 36.6 Å². The van der Waals surface area contributed by atoms with E-state index in [2.05, 4.69) is 38.0 Å². The third-order valence-electron chi connectivity index (χ3n) is 6.76. The molecule has 1 aliphatic carbocycles. The lowest BCUT2D eigenvalue weighted by molar-refractivity contribution is 0.0664. The summed E-state index contributed by atoms with van der Waals surface area (Å²) in [6.07, 6.45) is 2.97. The molecule has 0 saturated carbocycles. The minimum absolute atomic E-state index is 0.0724. The third kappa shape index (κ3) is 4.70. The van der Waals surface area contributed by atoms with E-state index in [-0.39, 0.29) is 17.2 Å². The molecule has 0 unspecified atom stereocenters. The van der Waals surface area contributed by atoms with Crippen LogP contribution in [0.2, 0.25) is 0 Å². The summed E-state index contributed by atoms with van der Waals surface area (Å²) in [4.78, 5) is 32.0. The number of nitrogens with zero attached hydrogens (tertiary/aromatic N) is 2. The maximum Gasteiger partial charge on any atom is 0.257 e. The highest BCUT2D eigenvalue weighted by Crippen LogP contribution is 2.44. The lowest BCUT2D eigenvalue weighted by atomic mass is 9.72. The van der Waals surface area contributed by atoms with Crippen LogP contribution in [-0.4, -0.2) is 54.8 Å². The van der Waals surface area contributed by atoms with Crippen molar-refractivity contribution in [3.05, 3.63) is 51.9 Å². The number of hydrogen-bond acceptors (Lipinski definition) is 4. The van der Waals surface area contributed by atoms with E-state index in [4.69, 9.17) is 0 Å². The maximum absolute atomic E-state index is 13.6. The van der Waals surface area contributed by atoms with Crippen molar-refractivity contribution >= 4 is 28.2 Å². The number of thiophene rings is 1. The molecular weight excluding hydrogens is 406 g/mol. The first-order valence-electron chi connectivity index (χ1n) is 11.2. The Labute approximate surface area is 189 Å². The van der Waals surface area contributed by atoms with Crippen molar-refractivity contribution in [2.75, 3.05) is 38.5 Å². The van der Waals surface area contributed by atoms with Gasteiger partial charge in [-0.1, -0.05) is 39.0 Å². The highest BCUT2D eigenvalue weighted by Gasteiger charge is 2.35. The van der Waals surface area contributed by atoms with Crippen molar-refractivity contribution in [3.63, 3.8) is 0 Å². The number of benzene rings is 1. The molecular formula is C25H33N3O2S. The number of anilines is 1. The summed E-state index contributed by atoms with van der Waals surface area (Å²) in [5.41, 5.74) is 2.75. The third-order valence-corrected chi connectivity index (χ3v) is 7.93. The molecule has 1 saturated heterocycles. The van der Waals surface area contributed by atoms with Crippen LogP contribution >= 0.6 is 11.3 Å². The Morgan fingerprint density at radius 3 is 2.39 bits per heavy atom. The van der Waals surface area contributed by atoms with Gasteiger partial charge in [-0.3, -0.25) is 9.59 Å². The van der Waals surface area contributed by atoms with Gasteiger partial charge < -0.3 is 15.1 Å². The van der Waals surface area contributed by atoms with Crippen molar-refractivity contribution < 1.29 is 9.59 Å². The fourth-order valence-electron chi connectivity index (χ4n) is 4.57. The molecule has 1 aromatic carbocycles. The second-order valence-electron chi connectivity index (χ2n) is 9.93. The number of likely N-dealkylation sites (N-methyl/N-ethyl adjacent to an activating group) is 1. The van der Waals surface area contributed by atoms with Crippen LogP contribution in [-0.2, 0) is 12.8 Å². The molecule has 166 valence electrons. The van der Waals surface area contributed by atoms with Crippen molar-refractivity contribution in [2.45, 2.75) is 40.0 Å². The fourth-order valence-corrected chi connectivity index (χ4v) is 5.89. The predicted octanol–water partition coefficient (Wildman–Crippen LogP) is 4.54. The second-order valence-corrected chi connectivity index (χ2v) is 11.0. The molecule has 2 aliphatic rings. The quantitative estimate of drug-likeness (QED) is 0.764. The van der Waals surface area contributed by atoms with Gasteiger partial charge in [0.1, 0.15) is 5.00 Å². The topological polar surface area (TPSA) is 52.6 Å².